The third-order valence-corrected chi connectivity index (χ3v) is 4.46. The first-order valence-corrected chi connectivity index (χ1v) is 8.11. The van der Waals surface area contributed by atoms with E-state index in [9.17, 15) is 13.5 Å². The fourth-order valence-corrected chi connectivity index (χ4v) is 2.67. The Bertz CT molecular complexity index is 748. The van der Waals surface area contributed by atoms with Crippen LogP contribution in [0.4, 0.5) is 0 Å². The summed E-state index contributed by atoms with van der Waals surface area (Å²) < 4.78 is 24.9. The van der Waals surface area contributed by atoms with E-state index in [1.807, 2.05) is 11.6 Å². The van der Waals surface area contributed by atoms with Crippen LogP contribution in [0.15, 0.2) is 23.1 Å². The molecule has 2 aromatic rings. The summed E-state index contributed by atoms with van der Waals surface area (Å²) in [5, 5.41) is 10.0. The molecule has 0 bridgehead atoms. The normalized spacial score (nSPS) is 15.4. The largest absolute Gasteiger partial charge is 0.388 e. The van der Waals surface area contributed by atoms with Crippen molar-refractivity contribution in [2.45, 2.75) is 23.8 Å². The van der Waals surface area contributed by atoms with Crippen LogP contribution in [-0.4, -0.2) is 41.5 Å². The lowest BCUT2D eigenvalue weighted by Crippen LogP contribution is -2.37. The number of nitrogens with two attached hydrogens (primary N) is 1. The Kier molecular flexibility index (Phi) is 3.62. The molecule has 6 nitrogen and oxygen atoms in total. The van der Waals surface area contributed by atoms with Gasteiger partial charge in [0.1, 0.15) is 5.82 Å². The van der Waals surface area contributed by atoms with Gasteiger partial charge in [-0.3, -0.25) is 0 Å². The Balaban J connectivity index is 2.53. The zero-order chi connectivity index (χ0) is 15.1. The summed E-state index contributed by atoms with van der Waals surface area (Å²) in [6.45, 7) is 1.78. The average molecular weight is 297 g/mol. The molecule has 0 aliphatic rings. The maximum atomic E-state index is 11.6. The van der Waals surface area contributed by atoms with Crippen LogP contribution < -0.4 is 5.73 Å². The topological polar surface area (TPSA) is 98.2 Å². The average Bonchev–Trinajstić information content (AvgIpc) is 2.64. The minimum Gasteiger partial charge on any atom is -0.388 e. The molecule has 7 heteroatoms. The maximum Gasteiger partial charge on any atom is 0.175 e. The number of aromatic nitrogens is 2. The van der Waals surface area contributed by atoms with Crippen LogP contribution in [0.25, 0.3) is 11.0 Å². The number of aliphatic hydroxyl groups is 1. The predicted molar refractivity (Wildman–Crippen MR) is 77.2 cm³/mol. The van der Waals surface area contributed by atoms with Gasteiger partial charge in [-0.05, 0) is 25.1 Å². The second-order valence-electron chi connectivity index (χ2n) is 5.39. The van der Waals surface area contributed by atoms with E-state index >= 15 is 0 Å². The number of fused-ring (bicyclic) bond motifs is 1. The van der Waals surface area contributed by atoms with Gasteiger partial charge >= 0.3 is 0 Å². The van der Waals surface area contributed by atoms with E-state index in [0.717, 1.165) is 11.8 Å². The van der Waals surface area contributed by atoms with Gasteiger partial charge in [0.2, 0.25) is 0 Å². The van der Waals surface area contributed by atoms with E-state index in [0.29, 0.717) is 17.8 Å². The van der Waals surface area contributed by atoms with Crippen LogP contribution in [0.2, 0.25) is 0 Å². The molecule has 1 aromatic carbocycles. The second-order valence-corrected chi connectivity index (χ2v) is 7.40. The van der Waals surface area contributed by atoms with Crippen molar-refractivity contribution in [1.82, 2.24) is 9.55 Å². The van der Waals surface area contributed by atoms with Crippen LogP contribution in [0, 0.1) is 0 Å². The molecular formula is C13H19N3O3S. The summed E-state index contributed by atoms with van der Waals surface area (Å²) in [5.74, 6) is 0.668. The highest BCUT2D eigenvalue weighted by Gasteiger charge is 2.22. The molecule has 0 saturated heterocycles. The Hall–Kier alpha value is -1.44. The molecule has 0 aliphatic heterocycles. The first-order chi connectivity index (χ1) is 9.14. The third-order valence-electron chi connectivity index (χ3n) is 3.35. The Morgan fingerprint density at radius 3 is 2.65 bits per heavy atom. The molecule has 1 atom stereocenters. The van der Waals surface area contributed by atoms with Gasteiger partial charge in [-0.15, -0.1) is 0 Å². The van der Waals surface area contributed by atoms with Crippen molar-refractivity contribution in [2.75, 3.05) is 12.8 Å². The Morgan fingerprint density at radius 1 is 1.45 bits per heavy atom. The van der Waals surface area contributed by atoms with Gasteiger partial charge < -0.3 is 15.4 Å². The highest BCUT2D eigenvalue weighted by Crippen LogP contribution is 2.21. The number of benzene rings is 1. The summed E-state index contributed by atoms with van der Waals surface area (Å²) in [5.41, 5.74) is 5.90. The highest BCUT2D eigenvalue weighted by molar-refractivity contribution is 7.90. The molecule has 1 unspecified atom stereocenters. The summed E-state index contributed by atoms with van der Waals surface area (Å²) >= 11 is 0. The molecule has 0 saturated carbocycles. The van der Waals surface area contributed by atoms with Gasteiger partial charge in [-0.25, -0.2) is 13.4 Å². The van der Waals surface area contributed by atoms with Crippen molar-refractivity contribution in [3.8, 4) is 0 Å². The Labute approximate surface area is 118 Å². The quantitative estimate of drug-likeness (QED) is 0.841. The number of hydrogen-bond acceptors (Lipinski definition) is 5. The monoisotopic (exact) mass is 297 g/mol. The number of imidazole rings is 1. The van der Waals surface area contributed by atoms with Crippen molar-refractivity contribution in [2.24, 2.45) is 12.8 Å². The van der Waals surface area contributed by atoms with E-state index in [1.54, 1.807) is 25.1 Å². The van der Waals surface area contributed by atoms with Crippen molar-refractivity contribution < 1.29 is 13.5 Å². The molecule has 0 amide bonds. The number of rotatable bonds is 4. The summed E-state index contributed by atoms with van der Waals surface area (Å²) in [6, 6.07) is 4.83. The first kappa shape index (κ1) is 15.0. The van der Waals surface area contributed by atoms with Gasteiger partial charge in [0, 0.05) is 26.3 Å². The number of aryl methyl sites for hydroxylation is 1. The molecule has 0 aliphatic carbocycles. The molecule has 20 heavy (non-hydrogen) atoms. The molecule has 1 heterocycles. The number of nitrogens with zero attached hydrogens (tertiary/aromatic N) is 2. The second kappa shape index (κ2) is 4.83. The molecule has 3 N–H and O–H groups in total. The SMILES string of the molecule is Cn1c(CC(C)(O)CN)nc2cc(S(C)(=O)=O)ccc21. The summed E-state index contributed by atoms with van der Waals surface area (Å²) in [7, 11) is -1.43. The zero-order valence-corrected chi connectivity index (χ0v) is 12.6. The van der Waals surface area contributed by atoms with Crippen molar-refractivity contribution in [3.63, 3.8) is 0 Å². The number of sulfone groups is 1. The minimum atomic E-state index is -3.26. The lowest BCUT2D eigenvalue weighted by Gasteiger charge is -2.20. The molecule has 1 aromatic heterocycles. The fourth-order valence-electron chi connectivity index (χ4n) is 2.03. The molecule has 0 spiro atoms. The number of hydrogen-bond donors (Lipinski definition) is 2. The zero-order valence-electron chi connectivity index (χ0n) is 11.8. The molecule has 0 fully saturated rings. The fraction of sp³-hybridized carbons (Fsp3) is 0.462. The highest BCUT2D eigenvalue weighted by atomic mass is 32.2. The molecule has 2 rings (SSSR count). The van der Waals surface area contributed by atoms with E-state index in [-0.39, 0.29) is 11.4 Å². The molecular weight excluding hydrogens is 278 g/mol. The summed E-state index contributed by atoms with van der Waals surface area (Å²) in [4.78, 5) is 4.64. The van der Waals surface area contributed by atoms with Gasteiger partial charge in [-0.2, -0.15) is 0 Å². The van der Waals surface area contributed by atoms with Crippen LogP contribution in [0.1, 0.15) is 12.7 Å². The van der Waals surface area contributed by atoms with E-state index in [1.165, 1.54) is 0 Å². The van der Waals surface area contributed by atoms with Gasteiger partial charge in [0.15, 0.2) is 9.84 Å². The van der Waals surface area contributed by atoms with E-state index < -0.39 is 15.4 Å². The lowest BCUT2D eigenvalue weighted by atomic mass is 10.0. The maximum absolute atomic E-state index is 11.6. The summed E-state index contributed by atoms with van der Waals surface area (Å²) in [6.07, 6.45) is 1.47. The minimum absolute atomic E-state index is 0.130. The predicted octanol–water partition coefficient (Wildman–Crippen LogP) is 0.229. The van der Waals surface area contributed by atoms with Crippen LogP contribution in [-0.2, 0) is 23.3 Å². The van der Waals surface area contributed by atoms with Gasteiger partial charge in [-0.1, -0.05) is 0 Å². The smallest absolute Gasteiger partial charge is 0.175 e. The van der Waals surface area contributed by atoms with Crippen LogP contribution in [0.3, 0.4) is 0 Å². The van der Waals surface area contributed by atoms with Crippen molar-refractivity contribution in [1.29, 1.82) is 0 Å². The Morgan fingerprint density at radius 2 is 2.10 bits per heavy atom. The molecule has 0 radical (unpaired) electrons. The lowest BCUT2D eigenvalue weighted by molar-refractivity contribution is 0.0670. The standard InChI is InChI=1S/C13H19N3O3S/c1-13(17,8-14)7-12-15-10-6-9(20(3,18)19)4-5-11(10)16(12)2/h4-6,17H,7-8,14H2,1-3H3. The van der Waals surface area contributed by atoms with Crippen molar-refractivity contribution in [3.05, 3.63) is 24.0 Å². The first-order valence-electron chi connectivity index (χ1n) is 6.22. The van der Waals surface area contributed by atoms with E-state index in [2.05, 4.69) is 4.98 Å². The van der Waals surface area contributed by atoms with Crippen LogP contribution in [0.5, 0.6) is 0 Å². The molecule has 110 valence electrons. The van der Waals surface area contributed by atoms with E-state index in [4.69, 9.17) is 5.73 Å². The van der Waals surface area contributed by atoms with Gasteiger partial charge in [0.05, 0.1) is 21.5 Å². The van der Waals surface area contributed by atoms with Crippen LogP contribution >= 0.6 is 0 Å². The van der Waals surface area contributed by atoms with Crippen molar-refractivity contribution >= 4 is 20.9 Å². The van der Waals surface area contributed by atoms with Gasteiger partial charge in [0.25, 0.3) is 0 Å². The third kappa shape index (κ3) is 2.84.